The first-order valence-corrected chi connectivity index (χ1v) is 7.04. The van der Waals surface area contributed by atoms with E-state index in [1.54, 1.807) is 41.5 Å². The molecule has 0 aliphatic rings. The van der Waals surface area contributed by atoms with E-state index in [-0.39, 0.29) is 11.4 Å². The number of anilines is 2. The van der Waals surface area contributed by atoms with Crippen LogP contribution in [0.1, 0.15) is 0 Å². The number of carbonyl (C=O) groups is 1. The molecular formula is C16H13N5O3. The quantitative estimate of drug-likeness (QED) is 0.567. The Kier molecular flexibility index (Phi) is 4.19. The Labute approximate surface area is 136 Å². The average Bonchev–Trinajstić information content (AvgIpc) is 3.10. The van der Waals surface area contributed by atoms with Crippen molar-refractivity contribution in [1.82, 2.24) is 9.55 Å². The summed E-state index contributed by atoms with van der Waals surface area (Å²) in [5.41, 5.74) is 1.23. The van der Waals surface area contributed by atoms with E-state index in [4.69, 9.17) is 0 Å². The van der Waals surface area contributed by atoms with Crippen LogP contribution in [0.2, 0.25) is 0 Å². The molecule has 1 aromatic heterocycles. The smallest absolute Gasteiger partial charge is 0.306 e. The highest BCUT2D eigenvalue weighted by Crippen LogP contribution is 2.24. The van der Waals surface area contributed by atoms with Crippen LogP contribution < -0.4 is 10.6 Å². The van der Waals surface area contributed by atoms with Crippen molar-refractivity contribution < 1.29 is 9.72 Å². The largest absolute Gasteiger partial charge is 0.323 e. The Morgan fingerprint density at radius 1 is 1.04 bits per heavy atom. The Hall–Kier alpha value is -3.68. The maximum absolute atomic E-state index is 12.2. The molecule has 0 aliphatic heterocycles. The van der Waals surface area contributed by atoms with Gasteiger partial charge in [0.15, 0.2) is 0 Å². The van der Waals surface area contributed by atoms with Gasteiger partial charge in [-0.15, -0.1) is 0 Å². The van der Waals surface area contributed by atoms with Crippen LogP contribution in [0.15, 0.2) is 67.3 Å². The fourth-order valence-corrected chi connectivity index (χ4v) is 2.22. The maximum Gasteiger partial charge on any atom is 0.323 e. The highest BCUT2D eigenvalue weighted by Gasteiger charge is 2.15. The second-order valence-electron chi connectivity index (χ2n) is 4.84. The SMILES string of the molecule is O=C(Nc1ccccc1-n1ccnc1)Nc1ccccc1[N+](=O)[O-]. The van der Waals surface area contributed by atoms with Gasteiger partial charge < -0.3 is 15.2 Å². The number of benzene rings is 2. The minimum Gasteiger partial charge on any atom is -0.306 e. The molecule has 3 aromatic rings. The molecule has 0 spiro atoms. The van der Waals surface area contributed by atoms with Crippen molar-refractivity contribution in [2.75, 3.05) is 10.6 Å². The number of aromatic nitrogens is 2. The number of imidazole rings is 1. The number of hydrogen-bond acceptors (Lipinski definition) is 4. The molecule has 2 amide bonds. The van der Waals surface area contributed by atoms with Gasteiger partial charge in [0.25, 0.3) is 5.69 Å². The van der Waals surface area contributed by atoms with Gasteiger partial charge >= 0.3 is 6.03 Å². The van der Waals surface area contributed by atoms with Crippen molar-refractivity contribution in [3.63, 3.8) is 0 Å². The molecule has 120 valence electrons. The third kappa shape index (κ3) is 3.22. The molecule has 1 heterocycles. The molecule has 8 nitrogen and oxygen atoms in total. The summed E-state index contributed by atoms with van der Waals surface area (Å²) >= 11 is 0. The summed E-state index contributed by atoms with van der Waals surface area (Å²) in [6.07, 6.45) is 4.99. The van der Waals surface area contributed by atoms with E-state index in [2.05, 4.69) is 15.6 Å². The van der Waals surface area contributed by atoms with Crippen molar-refractivity contribution in [3.05, 3.63) is 77.4 Å². The molecule has 2 aromatic carbocycles. The summed E-state index contributed by atoms with van der Waals surface area (Å²) in [5.74, 6) is 0. The van der Waals surface area contributed by atoms with Crippen LogP contribution in [0.3, 0.4) is 0 Å². The van der Waals surface area contributed by atoms with Gasteiger partial charge in [-0.25, -0.2) is 9.78 Å². The topological polar surface area (TPSA) is 102 Å². The molecule has 24 heavy (non-hydrogen) atoms. The molecule has 0 atom stereocenters. The minimum absolute atomic E-state index is 0.125. The molecule has 3 rings (SSSR count). The van der Waals surface area contributed by atoms with Crippen LogP contribution in [0.5, 0.6) is 0 Å². The van der Waals surface area contributed by atoms with E-state index in [0.717, 1.165) is 5.69 Å². The molecular weight excluding hydrogens is 310 g/mol. The van der Waals surface area contributed by atoms with E-state index in [9.17, 15) is 14.9 Å². The third-order valence-corrected chi connectivity index (χ3v) is 3.28. The van der Waals surface area contributed by atoms with Gasteiger partial charge in [0.1, 0.15) is 5.69 Å². The van der Waals surface area contributed by atoms with Crippen molar-refractivity contribution in [3.8, 4) is 5.69 Å². The Morgan fingerprint density at radius 2 is 1.71 bits per heavy atom. The lowest BCUT2D eigenvalue weighted by Gasteiger charge is -2.12. The molecule has 8 heteroatoms. The highest BCUT2D eigenvalue weighted by atomic mass is 16.6. The first kappa shape index (κ1) is 15.2. The summed E-state index contributed by atoms with van der Waals surface area (Å²) in [7, 11) is 0. The number of amides is 2. The normalized spacial score (nSPS) is 10.2. The van der Waals surface area contributed by atoms with E-state index in [0.29, 0.717) is 5.69 Å². The summed E-state index contributed by atoms with van der Waals surface area (Å²) in [5, 5.41) is 16.2. The van der Waals surface area contributed by atoms with Gasteiger partial charge in [0, 0.05) is 18.5 Å². The van der Waals surface area contributed by atoms with Crippen LogP contribution in [-0.4, -0.2) is 20.5 Å². The molecule has 0 saturated carbocycles. The third-order valence-electron chi connectivity index (χ3n) is 3.28. The molecule has 0 fully saturated rings. The van der Waals surface area contributed by atoms with Gasteiger partial charge in [0.05, 0.1) is 22.6 Å². The predicted molar refractivity (Wildman–Crippen MR) is 89.3 cm³/mol. The Balaban J connectivity index is 1.81. The second kappa shape index (κ2) is 6.61. The Bertz CT molecular complexity index is 877. The fourth-order valence-electron chi connectivity index (χ4n) is 2.22. The maximum atomic E-state index is 12.2. The minimum atomic E-state index is -0.572. The summed E-state index contributed by atoms with van der Waals surface area (Å²) in [4.78, 5) is 26.6. The molecule has 0 saturated heterocycles. The van der Waals surface area contributed by atoms with E-state index in [1.165, 1.54) is 18.2 Å². The highest BCUT2D eigenvalue weighted by molar-refractivity contribution is 6.02. The second-order valence-corrected chi connectivity index (χ2v) is 4.84. The van der Waals surface area contributed by atoms with Crippen LogP contribution in [0, 0.1) is 10.1 Å². The zero-order valence-corrected chi connectivity index (χ0v) is 12.4. The number of rotatable bonds is 4. The van der Waals surface area contributed by atoms with E-state index in [1.807, 2.05) is 12.1 Å². The number of nitro groups is 1. The van der Waals surface area contributed by atoms with Gasteiger partial charge in [0.2, 0.25) is 0 Å². The molecule has 2 N–H and O–H groups in total. The number of carbonyl (C=O) groups excluding carboxylic acids is 1. The lowest BCUT2D eigenvalue weighted by atomic mass is 10.2. The van der Waals surface area contributed by atoms with E-state index < -0.39 is 11.0 Å². The van der Waals surface area contributed by atoms with Gasteiger partial charge in [-0.05, 0) is 18.2 Å². The lowest BCUT2D eigenvalue weighted by Crippen LogP contribution is -2.21. The van der Waals surface area contributed by atoms with Gasteiger partial charge in [-0.2, -0.15) is 0 Å². The predicted octanol–water partition coefficient (Wildman–Crippen LogP) is 3.42. The Morgan fingerprint density at radius 3 is 2.42 bits per heavy atom. The monoisotopic (exact) mass is 323 g/mol. The van der Waals surface area contributed by atoms with Crippen LogP contribution in [0.4, 0.5) is 21.9 Å². The number of nitro benzene ring substituents is 1. The number of nitrogens with one attached hydrogen (secondary N) is 2. The molecule has 0 unspecified atom stereocenters. The van der Waals surface area contributed by atoms with Gasteiger partial charge in [-0.3, -0.25) is 10.1 Å². The molecule has 0 radical (unpaired) electrons. The van der Waals surface area contributed by atoms with Crippen molar-refractivity contribution in [2.45, 2.75) is 0 Å². The van der Waals surface area contributed by atoms with Crippen LogP contribution >= 0.6 is 0 Å². The lowest BCUT2D eigenvalue weighted by molar-refractivity contribution is -0.383. The number of hydrogen-bond donors (Lipinski definition) is 2. The standard InChI is InChI=1S/C16H13N5O3/c22-16(19-13-6-2-4-8-15(13)21(23)24)18-12-5-1-3-7-14(12)20-10-9-17-11-20/h1-11H,(H2,18,19,22). The number of urea groups is 1. The van der Waals surface area contributed by atoms with Crippen LogP contribution in [0.25, 0.3) is 5.69 Å². The summed E-state index contributed by atoms with van der Waals surface area (Å²) in [6, 6.07) is 12.5. The number of nitrogens with zero attached hydrogens (tertiary/aromatic N) is 3. The van der Waals surface area contributed by atoms with Crippen molar-refractivity contribution in [2.24, 2.45) is 0 Å². The summed E-state index contributed by atoms with van der Waals surface area (Å²) in [6.45, 7) is 0. The first-order valence-electron chi connectivity index (χ1n) is 7.04. The fraction of sp³-hybridized carbons (Fsp3) is 0. The zero-order valence-electron chi connectivity index (χ0n) is 12.4. The van der Waals surface area contributed by atoms with Crippen molar-refractivity contribution >= 4 is 23.1 Å². The van der Waals surface area contributed by atoms with Crippen molar-refractivity contribution in [1.29, 1.82) is 0 Å². The van der Waals surface area contributed by atoms with E-state index >= 15 is 0 Å². The van der Waals surface area contributed by atoms with Crippen LogP contribution in [-0.2, 0) is 0 Å². The zero-order chi connectivity index (χ0) is 16.9. The average molecular weight is 323 g/mol. The molecule has 0 aliphatic carbocycles. The van der Waals surface area contributed by atoms with Gasteiger partial charge in [-0.1, -0.05) is 24.3 Å². The number of para-hydroxylation sites is 4. The summed E-state index contributed by atoms with van der Waals surface area (Å²) < 4.78 is 1.75. The molecule has 0 bridgehead atoms. The first-order chi connectivity index (χ1) is 11.6.